The number of nitrogens with two attached hydrogens (primary N) is 1. The third-order valence-corrected chi connectivity index (χ3v) is 3.96. The number of aromatic nitrogens is 1. The van der Waals surface area contributed by atoms with Crippen LogP contribution in [0.4, 0.5) is 10.8 Å². The summed E-state index contributed by atoms with van der Waals surface area (Å²) >= 11 is 13.2. The van der Waals surface area contributed by atoms with Crippen LogP contribution in [0.5, 0.6) is 5.75 Å². The second-order valence-corrected chi connectivity index (χ2v) is 5.46. The first-order valence-corrected chi connectivity index (χ1v) is 7.11. The number of nitrogen functional groups attached to an aromatic ring is 1. The topological polar surface area (TPSA) is 60.2 Å². The first-order chi connectivity index (χ1) is 9.11. The van der Waals surface area contributed by atoms with Crippen molar-refractivity contribution in [1.29, 1.82) is 0 Å². The SMILES string of the molecule is COc1c(N)nsc1NCCc1ccc(Cl)cc1Cl. The number of hydrogen-bond acceptors (Lipinski definition) is 5. The molecule has 3 N–H and O–H groups in total. The minimum Gasteiger partial charge on any atom is -0.490 e. The highest BCUT2D eigenvalue weighted by molar-refractivity contribution is 7.11. The van der Waals surface area contributed by atoms with Crippen molar-refractivity contribution in [2.45, 2.75) is 6.42 Å². The zero-order valence-corrected chi connectivity index (χ0v) is 12.6. The number of nitrogens with zero attached hydrogens (tertiary/aromatic N) is 1. The van der Waals surface area contributed by atoms with E-state index in [-0.39, 0.29) is 0 Å². The van der Waals surface area contributed by atoms with Gasteiger partial charge in [-0.15, -0.1) is 0 Å². The third-order valence-electron chi connectivity index (χ3n) is 2.57. The fraction of sp³-hybridized carbons (Fsp3) is 0.250. The Morgan fingerprint density at radius 2 is 2.21 bits per heavy atom. The highest BCUT2D eigenvalue weighted by Crippen LogP contribution is 2.34. The van der Waals surface area contributed by atoms with Crippen molar-refractivity contribution >= 4 is 45.6 Å². The highest BCUT2D eigenvalue weighted by Gasteiger charge is 2.11. The normalized spacial score (nSPS) is 10.5. The lowest BCUT2D eigenvalue weighted by molar-refractivity contribution is 0.419. The molecule has 1 heterocycles. The molecule has 0 saturated carbocycles. The summed E-state index contributed by atoms with van der Waals surface area (Å²) in [6.45, 7) is 0.708. The van der Waals surface area contributed by atoms with Crippen molar-refractivity contribution in [1.82, 2.24) is 4.37 Å². The average Bonchev–Trinajstić information content (AvgIpc) is 2.72. The van der Waals surface area contributed by atoms with Crippen LogP contribution >= 0.6 is 34.7 Å². The second kappa shape index (κ2) is 6.32. The highest BCUT2D eigenvalue weighted by atomic mass is 35.5. The molecule has 0 spiro atoms. The van der Waals surface area contributed by atoms with Crippen molar-refractivity contribution in [3.8, 4) is 5.75 Å². The van der Waals surface area contributed by atoms with E-state index in [2.05, 4.69) is 9.69 Å². The predicted octanol–water partition coefficient (Wildman–Crippen LogP) is 3.70. The molecule has 7 heteroatoms. The van der Waals surface area contributed by atoms with Gasteiger partial charge in [0.15, 0.2) is 16.6 Å². The van der Waals surface area contributed by atoms with E-state index < -0.39 is 0 Å². The summed E-state index contributed by atoms with van der Waals surface area (Å²) in [5.41, 5.74) is 6.71. The van der Waals surface area contributed by atoms with E-state index >= 15 is 0 Å². The van der Waals surface area contributed by atoms with E-state index in [4.69, 9.17) is 33.7 Å². The van der Waals surface area contributed by atoms with Crippen LogP contribution in [-0.4, -0.2) is 18.0 Å². The second-order valence-electron chi connectivity index (χ2n) is 3.84. The summed E-state index contributed by atoms with van der Waals surface area (Å²) < 4.78 is 9.21. The molecule has 1 aromatic carbocycles. The van der Waals surface area contributed by atoms with Gasteiger partial charge < -0.3 is 15.8 Å². The Morgan fingerprint density at radius 1 is 1.42 bits per heavy atom. The van der Waals surface area contributed by atoms with Crippen molar-refractivity contribution in [3.05, 3.63) is 33.8 Å². The minimum atomic E-state index is 0.402. The van der Waals surface area contributed by atoms with Crippen LogP contribution in [0.25, 0.3) is 0 Å². The van der Waals surface area contributed by atoms with E-state index in [1.54, 1.807) is 13.2 Å². The van der Waals surface area contributed by atoms with Gasteiger partial charge in [-0.05, 0) is 35.6 Å². The van der Waals surface area contributed by atoms with Gasteiger partial charge in [0, 0.05) is 16.6 Å². The molecule has 19 heavy (non-hydrogen) atoms. The van der Waals surface area contributed by atoms with E-state index in [1.807, 2.05) is 12.1 Å². The molecule has 102 valence electrons. The molecule has 0 unspecified atom stereocenters. The van der Waals surface area contributed by atoms with Gasteiger partial charge in [-0.3, -0.25) is 0 Å². The Labute approximate surface area is 125 Å². The largest absolute Gasteiger partial charge is 0.490 e. The van der Waals surface area contributed by atoms with Crippen LogP contribution in [0.3, 0.4) is 0 Å². The summed E-state index contributed by atoms with van der Waals surface area (Å²) in [6.07, 6.45) is 0.775. The Bertz CT molecular complexity index is 574. The molecule has 0 atom stereocenters. The Morgan fingerprint density at radius 3 is 2.89 bits per heavy atom. The number of nitrogens with one attached hydrogen (secondary N) is 1. The van der Waals surface area contributed by atoms with E-state index in [1.165, 1.54) is 11.5 Å². The lowest BCUT2D eigenvalue weighted by Crippen LogP contribution is -2.05. The zero-order chi connectivity index (χ0) is 13.8. The molecule has 1 aromatic heterocycles. The van der Waals surface area contributed by atoms with Crippen LogP contribution < -0.4 is 15.8 Å². The van der Waals surface area contributed by atoms with E-state index in [0.717, 1.165) is 17.0 Å². The standard InChI is InChI=1S/C12H13Cl2N3OS/c1-18-10-11(15)17-19-12(10)16-5-4-7-2-3-8(13)6-9(7)14/h2-3,6,16H,4-5H2,1H3,(H2,15,17). The van der Waals surface area contributed by atoms with Crippen LogP contribution in [-0.2, 0) is 6.42 Å². The smallest absolute Gasteiger partial charge is 0.197 e. The maximum Gasteiger partial charge on any atom is 0.197 e. The maximum absolute atomic E-state index is 6.11. The molecule has 4 nitrogen and oxygen atoms in total. The Kier molecular flexibility index (Phi) is 4.74. The molecule has 2 rings (SSSR count). The molecule has 0 bridgehead atoms. The molecule has 0 saturated heterocycles. The van der Waals surface area contributed by atoms with Gasteiger partial charge in [-0.1, -0.05) is 29.3 Å². The Balaban J connectivity index is 1.96. The van der Waals surface area contributed by atoms with Gasteiger partial charge in [0.25, 0.3) is 0 Å². The van der Waals surface area contributed by atoms with Crippen molar-refractivity contribution < 1.29 is 4.74 Å². The summed E-state index contributed by atoms with van der Waals surface area (Å²) in [6, 6.07) is 5.49. The quantitative estimate of drug-likeness (QED) is 0.882. The molecule has 0 fully saturated rings. The molecule has 0 radical (unpaired) electrons. The molecule has 0 amide bonds. The van der Waals surface area contributed by atoms with Crippen molar-refractivity contribution in [2.75, 3.05) is 24.7 Å². The number of rotatable bonds is 5. The monoisotopic (exact) mass is 317 g/mol. The number of anilines is 2. The number of ether oxygens (including phenoxy) is 1. The molecule has 0 aliphatic carbocycles. The fourth-order valence-electron chi connectivity index (χ4n) is 1.64. The van der Waals surface area contributed by atoms with Gasteiger partial charge in [0.05, 0.1) is 7.11 Å². The van der Waals surface area contributed by atoms with Crippen molar-refractivity contribution in [2.24, 2.45) is 0 Å². The maximum atomic E-state index is 6.11. The molecular weight excluding hydrogens is 305 g/mol. The first kappa shape index (κ1) is 14.2. The Hall–Kier alpha value is -1.17. The van der Waals surface area contributed by atoms with E-state index in [9.17, 15) is 0 Å². The van der Waals surface area contributed by atoms with Crippen LogP contribution in [0.1, 0.15) is 5.56 Å². The summed E-state index contributed by atoms with van der Waals surface area (Å²) in [5.74, 6) is 0.992. The number of methoxy groups -OCH3 is 1. The predicted molar refractivity (Wildman–Crippen MR) is 81.7 cm³/mol. The molecule has 2 aromatic rings. The van der Waals surface area contributed by atoms with Gasteiger partial charge in [0.2, 0.25) is 0 Å². The fourth-order valence-corrected chi connectivity index (χ4v) is 2.85. The van der Waals surface area contributed by atoms with Crippen LogP contribution in [0, 0.1) is 0 Å². The zero-order valence-electron chi connectivity index (χ0n) is 10.2. The van der Waals surface area contributed by atoms with Gasteiger partial charge in [-0.2, -0.15) is 4.37 Å². The average molecular weight is 318 g/mol. The van der Waals surface area contributed by atoms with Gasteiger partial charge in [-0.25, -0.2) is 0 Å². The summed E-state index contributed by atoms with van der Waals surface area (Å²) in [4.78, 5) is 0. The summed E-state index contributed by atoms with van der Waals surface area (Å²) in [7, 11) is 1.57. The van der Waals surface area contributed by atoms with Gasteiger partial charge in [0.1, 0.15) is 0 Å². The molecule has 0 aliphatic rings. The number of halogens is 2. The summed E-state index contributed by atoms with van der Waals surface area (Å²) in [5, 5.41) is 5.37. The minimum absolute atomic E-state index is 0.402. The third kappa shape index (κ3) is 3.43. The lowest BCUT2D eigenvalue weighted by Gasteiger charge is -2.07. The van der Waals surface area contributed by atoms with Gasteiger partial charge >= 0.3 is 0 Å². The van der Waals surface area contributed by atoms with Crippen molar-refractivity contribution in [3.63, 3.8) is 0 Å². The van der Waals surface area contributed by atoms with E-state index in [0.29, 0.717) is 28.2 Å². The molecule has 0 aliphatic heterocycles. The number of hydrogen-bond donors (Lipinski definition) is 2. The van der Waals surface area contributed by atoms with Crippen LogP contribution in [0.15, 0.2) is 18.2 Å². The first-order valence-electron chi connectivity index (χ1n) is 5.58. The number of benzene rings is 1. The van der Waals surface area contributed by atoms with Crippen LogP contribution in [0.2, 0.25) is 10.0 Å². The lowest BCUT2D eigenvalue weighted by atomic mass is 10.1. The molecular formula is C12H13Cl2N3OS.